The van der Waals surface area contributed by atoms with Crippen LogP contribution in [0.5, 0.6) is 5.75 Å². The number of anilines is 3. The molecular formula is C31H35F3N8O4S. The predicted molar refractivity (Wildman–Crippen MR) is 169 cm³/mol. The van der Waals surface area contributed by atoms with Gasteiger partial charge in [0, 0.05) is 37.4 Å². The van der Waals surface area contributed by atoms with Gasteiger partial charge >= 0.3 is 6.36 Å². The second-order valence-electron chi connectivity index (χ2n) is 12.5. The summed E-state index contributed by atoms with van der Waals surface area (Å²) in [6, 6.07) is 4.67. The van der Waals surface area contributed by atoms with E-state index in [0.717, 1.165) is 42.1 Å². The summed E-state index contributed by atoms with van der Waals surface area (Å²) in [5, 5.41) is 38.4. The van der Waals surface area contributed by atoms with Gasteiger partial charge in [0.05, 0.1) is 40.5 Å². The van der Waals surface area contributed by atoms with Crippen LogP contribution in [0.3, 0.4) is 0 Å². The molecule has 1 unspecified atom stereocenters. The predicted octanol–water partition coefficient (Wildman–Crippen LogP) is 4.12. The number of alkyl halides is 3. The van der Waals surface area contributed by atoms with Crippen molar-refractivity contribution < 1.29 is 33.2 Å². The van der Waals surface area contributed by atoms with E-state index in [1.807, 2.05) is 13.0 Å². The number of aliphatic hydroxyl groups is 3. The van der Waals surface area contributed by atoms with Crippen molar-refractivity contribution in [1.82, 2.24) is 24.9 Å². The van der Waals surface area contributed by atoms with E-state index in [1.165, 1.54) is 17.4 Å². The summed E-state index contributed by atoms with van der Waals surface area (Å²) in [5.74, 6) is 1.06. The van der Waals surface area contributed by atoms with Crippen LogP contribution in [0.25, 0.3) is 20.8 Å². The number of fused-ring (bicyclic) bond motifs is 3. The maximum Gasteiger partial charge on any atom is 0.573 e. The molecule has 2 bridgehead atoms. The molecule has 12 nitrogen and oxygen atoms in total. The van der Waals surface area contributed by atoms with Crippen LogP contribution in [0, 0.1) is 18.8 Å². The molecule has 4 aromatic rings. The molecule has 250 valence electrons. The molecule has 0 aromatic carbocycles. The third-order valence-corrected chi connectivity index (χ3v) is 10.5. The minimum Gasteiger partial charge on any atom is -0.404 e. The van der Waals surface area contributed by atoms with Gasteiger partial charge in [0.25, 0.3) is 0 Å². The molecule has 1 saturated carbocycles. The average Bonchev–Trinajstić information content (AvgIpc) is 3.66. The molecular weight excluding hydrogens is 637 g/mol. The molecule has 0 spiro atoms. The normalized spacial score (nSPS) is 27.4. The largest absolute Gasteiger partial charge is 0.573 e. The fourth-order valence-corrected chi connectivity index (χ4v) is 8.34. The third kappa shape index (κ3) is 6.51. The number of piperidine rings is 1. The number of hydrogen-bond acceptors (Lipinski definition) is 13. The zero-order chi connectivity index (χ0) is 32.9. The summed E-state index contributed by atoms with van der Waals surface area (Å²) < 4.78 is 42.7. The molecule has 47 heavy (non-hydrogen) atoms. The Morgan fingerprint density at radius 1 is 1.02 bits per heavy atom. The van der Waals surface area contributed by atoms with Gasteiger partial charge in [-0.05, 0) is 63.1 Å². The topological polar surface area (TPSA) is 162 Å². The van der Waals surface area contributed by atoms with Gasteiger partial charge in [-0.15, -0.1) is 24.5 Å². The zero-order valence-corrected chi connectivity index (χ0v) is 26.2. The van der Waals surface area contributed by atoms with Crippen LogP contribution in [-0.2, 0) is 0 Å². The number of nitrogens with one attached hydrogen (secondary N) is 2. The maximum atomic E-state index is 12.6. The van der Waals surface area contributed by atoms with Crippen molar-refractivity contribution in [2.45, 2.75) is 75.7 Å². The Labute approximate surface area is 272 Å². The molecule has 0 radical (unpaired) electrons. The Morgan fingerprint density at radius 2 is 1.81 bits per heavy atom. The molecule has 6 heterocycles. The highest BCUT2D eigenvalue weighted by atomic mass is 32.1. The first-order chi connectivity index (χ1) is 22.6. The Morgan fingerprint density at radius 3 is 2.47 bits per heavy atom. The fourth-order valence-electron chi connectivity index (χ4n) is 7.31. The van der Waals surface area contributed by atoms with E-state index in [4.69, 9.17) is 15.0 Å². The minimum absolute atomic E-state index is 0.216. The highest BCUT2D eigenvalue weighted by molar-refractivity contribution is 7.21. The van der Waals surface area contributed by atoms with Crippen LogP contribution >= 0.6 is 11.3 Å². The van der Waals surface area contributed by atoms with E-state index in [9.17, 15) is 28.5 Å². The van der Waals surface area contributed by atoms with Crippen LogP contribution in [-0.4, -0.2) is 90.1 Å². The van der Waals surface area contributed by atoms with Crippen molar-refractivity contribution in [1.29, 1.82) is 0 Å². The van der Waals surface area contributed by atoms with E-state index < -0.39 is 30.5 Å². The van der Waals surface area contributed by atoms with Crippen molar-refractivity contribution in [3.63, 3.8) is 0 Å². The smallest absolute Gasteiger partial charge is 0.404 e. The Hall–Kier alpha value is -3.86. The number of pyridine rings is 2. The van der Waals surface area contributed by atoms with Crippen LogP contribution in [0.4, 0.5) is 30.8 Å². The van der Waals surface area contributed by atoms with E-state index in [0.29, 0.717) is 52.7 Å². The van der Waals surface area contributed by atoms with Crippen molar-refractivity contribution in [3.05, 3.63) is 42.5 Å². The number of nitrogens with zero attached hydrogens (tertiary/aromatic N) is 6. The van der Waals surface area contributed by atoms with Gasteiger partial charge in [0.2, 0.25) is 5.95 Å². The molecule has 7 rings (SSSR count). The molecule has 3 aliphatic rings. The molecule has 1 aliphatic carbocycles. The first-order valence-corrected chi connectivity index (χ1v) is 16.4. The number of rotatable bonds is 9. The van der Waals surface area contributed by atoms with Gasteiger partial charge in [0.1, 0.15) is 34.0 Å². The maximum absolute atomic E-state index is 12.6. The number of aromatic nitrogens is 5. The second kappa shape index (κ2) is 12.6. The Kier molecular flexibility index (Phi) is 8.53. The molecule has 5 N–H and O–H groups in total. The highest BCUT2D eigenvalue weighted by Crippen LogP contribution is 2.42. The monoisotopic (exact) mass is 672 g/mol. The van der Waals surface area contributed by atoms with Crippen LogP contribution in [0.1, 0.15) is 37.8 Å². The van der Waals surface area contributed by atoms with E-state index in [-0.39, 0.29) is 24.4 Å². The molecule has 16 heteroatoms. The fraction of sp³-hybridized carbons (Fsp3) is 0.516. The minimum atomic E-state index is -4.76. The lowest BCUT2D eigenvalue weighted by Gasteiger charge is -2.40. The van der Waals surface area contributed by atoms with Gasteiger partial charge < -0.3 is 35.6 Å². The Balaban J connectivity index is 1.08. The molecule has 2 saturated heterocycles. The first kappa shape index (κ1) is 31.7. The summed E-state index contributed by atoms with van der Waals surface area (Å²) in [4.78, 5) is 25.1. The Bertz CT molecular complexity index is 1680. The lowest BCUT2D eigenvalue weighted by atomic mass is 9.90. The lowest BCUT2D eigenvalue weighted by Crippen LogP contribution is -2.44. The zero-order valence-electron chi connectivity index (χ0n) is 25.4. The van der Waals surface area contributed by atoms with Crippen LogP contribution in [0.2, 0.25) is 0 Å². The van der Waals surface area contributed by atoms with Crippen LogP contribution < -0.4 is 20.3 Å². The quantitative estimate of drug-likeness (QED) is 0.173. The summed E-state index contributed by atoms with van der Waals surface area (Å²) in [5.41, 5.74) is 2.12. The van der Waals surface area contributed by atoms with E-state index in [2.05, 4.69) is 30.2 Å². The van der Waals surface area contributed by atoms with Crippen molar-refractivity contribution in [3.8, 4) is 16.3 Å². The molecule has 2 aliphatic heterocycles. The molecule has 7 atom stereocenters. The average molecular weight is 673 g/mol. The number of aryl methyl sites for hydroxylation is 1. The van der Waals surface area contributed by atoms with Gasteiger partial charge in [0.15, 0.2) is 0 Å². The number of hydrogen-bond donors (Lipinski definition) is 5. The second-order valence-corrected chi connectivity index (χ2v) is 13.6. The number of aliphatic hydroxyl groups excluding tert-OH is 3. The van der Waals surface area contributed by atoms with E-state index in [1.54, 1.807) is 18.5 Å². The first-order valence-electron chi connectivity index (χ1n) is 15.6. The standard InChI is InChI=1S/C31H35F3N8O4S/c1-15-25(29-40-22-13-35-7-6-23(22)47-29)28(39-21-10-17(14-43)26(44)27(21)45)41-30(38-15)37-11-16-8-18-2-3-19(9-16)42(18)24-5-4-20(12-36-24)46-31(32,33)34/h4-7,12-13,16-19,21,26-27,43-45H,2-3,8-11,14H2,1H3,(H2,37,38,39,41)/t16?,17-,18-,19+,21-,26-,27+/m1/s1. The summed E-state index contributed by atoms with van der Waals surface area (Å²) in [7, 11) is 0. The molecule has 3 fully saturated rings. The molecule has 4 aromatic heterocycles. The van der Waals surface area contributed by atoms with Gasteiger partial charge in [-0.25, -0.2) is 15.0 Å². The summed E-state index contributed by atoms with van der Waals surface area (Å²) in [6.07, 6.45) is 1.69. The summed E-state index contributed by atoms with van der Waals surface area (Å²) in [6.45, 7) is 2.26. The SMILES string of the molecule is Cc1nc(NCC2C[C@H]3CC[C@@H](C2)N3c2ccc(OC(F)(F)F)cn2)nc(N[C@@H]2C[C@H](CO)[C@@H](O)[C@H]2O)c1-c1nc2cnccc2s1. The summed E-state index contributed by atoms with van der Waals surface area (Å²) >= 11 is 1.48. The number of ether oxygens (including phenoxy) is 1. The van der Waals surface area contributed by atoms with Gasteiger partial charge in [-0.1, -0.05) is 0 Å². The van der Waals surface area contributed by atoms with Crippen LogP contribution in [0.15, 0.2) is 36.8 Å². The third-order valence-electron chi connectivity index (χ3n) is 9.45. The van der Waals surface area contributed by atoms with Crippen molar-refractivity contribution in [2.75, 3.05) is 28.7 Å². The van der Waals surface area contributed by atoms with Crippen molar-refractivity contribution >= 4 is 39.1 Å². The van der Waals surface area contributed by atoms with Crippen molar-refractivity contribution in [2.24, 2.45) is 11.8 Å². The number of halogens is 3. The van der Waals surface area contributed by atoms with Gasteiger partial charge in [-0.2, -0.15) is 4.98 Å². The van der Waals surface area contributed by atoms with Gasteiger partial charge in [-0.3, -0.25) is 4.98 Å². The van der Waals surface area contributed by atoms with E-state index >= 15 is 0 Å². The number of thiazole rings is 1. The lowest BCUT2D eigenvalue weighted by molar-refractivity contribution is -0.274. The highest BCUT2D eigenvalue weighted by Gasteiger charge is 2.43. The molecule has 0 amide bonds.